The Balaban J connectivity index is 1.94. The predicted molar refractivity (Wildman–Crippen MR) is 107 cm³/mol. The molecule has 4 aromatic rings. The highest BCUT2D eigenvalue weighted by molar-refractivity contribution is 7.99. The van der Waals surface area contributed by atoms with Gasteiger partial charge >= 0.3 is 0 Å². The van der Waals surface area contributed by atoms with Crippen LogP contribution in [0.1, 0.15) is 19.2 Å². The summed E-state index contributed by atoms with van der Waals surface area (Å²) in [7, 11) is 1.92. The molecule has 0 saturated carbocycles. The van der Waals surface area contributed by atoms with Crippen molar-refractivity contribution in [2.45, 2.75) is 29.9 Å². The zero-order valence-corrected chi connectivity index (χ0v) is 16.7. The molecule has 0 bridgehead atoms. The molecule has 0 unspecified atom stereocenters. The van der Waals surface area contributed by atoms with Crippen LogP contribution in [0.5, 0.6) is 0 Å². The minimum atomic E-state index is 0.758. The Morgan fingerprint density at radius 3 is 2.69 bits per heavy atom. The first-order valence-corrected chi connectivity index (χ1v) is 10.2. The normalized spacial score (nSPS) is 11.3. The lowest BCUT2D eigenvalue weighted by molar-refractivity contribution is 0.783. The lowest BCUT2D eigenvalue weighted by atomic mass is 10.3. The number of thiazole rings is 1. The average molecular weight is 401 g/mol. The van der Waals surface area contributed by atoms with E-state index in [4.69, 9.17) is 22.2 Å². The molecule has 0 radical (unpaired) electrons. The number of aromatic nitrogens is 6. The van der Waals surface area contributed by atoms with Crippen molar-refractivity contribution in [2.75, 3.05) is 0 Å². The Bertz CT molecular complexity index is 1110. The number of hydrogen-bond acceptors (Lipinski definition) is 7. The van der Waals surface area contributed by atoms with E-state index in [0.29, 0.717) is 0 Å². The van der Waals surface area contributed by atoms with Crippen LogP contribution in [-0.4, -0.2) is 29.3 Å². The molecule has 9 heteroatoms. The highest BCUT2D eigenvalue weighted by atomic mass is 32.2. The molecule has 132 valence electrons. The van der Waals surface area contributed by atoms with Crippen molar-refractivity contribution < 1.29 is 0 Å². The number of hydrogen-bond donors (Lipinski definition) is 0. The molecule has 0 aliphatic carbocycles. The zero-order valence-electron chi connectivity index (χ0n) is 14.3. The van der Waals surface area contributed by atoms with Crippen molar-refractivity contribution >= 4 is 45.7 Å². The molecule has 0 amide bonds. The minimum Gasteiger partial charge on any atom is -0.311 e. The Morgan fingerprint density at radius 2 is 2.00 bits per heavy atom. The molecular weight excluding hydrogens is 384 g/mol. The van der Waals surface area contributed by atoms with Gasteiger partial charge in [0.1, 0.15) is 21.9 Å². The van der Waals surface area contributed by atoms with Gasteiger partial charge in [-0.25, -0.2) is 9.97 Å². The van der Waals surface area contributed by atoms with E-state index in [1.807, 2.05) is 46.5 Å². The molecule has 0 saturated heterocycles. The predicted octanol–water partition coefficient (Wildman–Crippen LogP) is 4.44. The molecule has 0 aliphatic rings. The first kappa shape index (κ1) is 17.3. The van der Waals surface area contributed by atoms with Crippen LogP contribution < -0.4 is 0 Å². The molecule has 0 spiro atoms. The standard InChI is InChI=1S/C17H16N6S3/c1-3-7-12-19-14-13(15(20-12)26-16-21-18-10-22(16)2)25-17(24)23(14)11-8-5-4-6-9-11/h4-6,8-10H,3,7H2,1-2H3. The van der Waals surface area contributed by atoms with E-state index in [-0.39, 0.29) is 0 Å². The van der Waals surface area contributed by atoms with Crippen molar-refractivity contribution in [1.29, 1.82) is 0 Å². The third-order valence-electron chi connectivity index (χ3n) is 3.79. The van der Waals surface area contributed by atoms with Gasteiger partial charge in [0.2, 0.25) is 0 Å². The van der Waals surface area contributed by atoms with Crippen molar-refractivity contribution in [3.63, 3.8) is 0 Å². The van der Waals surface area contributed by atoms with Crippen LogP contribution in [0.15, 0.2) is 46.8 Å². The van der Waals surface area contributed by atoms with Gasteiger partial charge in [0.15, 0.2) is 14.8 Å². The Morgan fingerprint density at radius 1 is 1.19 bits per heavy atom. The maximum absolute atomic E-state index is 5.65. The maximum Gasteiger partial charge on any atom is 0.197 e. The molecule has 6 nitrogen and oxygen atoms in total. The summed E-state index contributed by atoms with van der Waals surface area (Å²) in [6, 6.07) is 10.1. The summed E-state index contributed by atoms with van der Waals surface area (Å²) in [5.41, 5.74) is 1.87. The van der Waals surface area contributed by atoms with Gasteiger partial charge in [-0.2, -0.15) is 0 Å². The van der Waals surface area contributed by atoms with Crippen LogP contribution in [0.3, 0.4) is 0 Å². The highest BCUT2D eigenvalue weighted by Crippen LogP contribution is 2.35. The Hall–Kier alpha value is -2.10. The summed E-state index contributed by atoms with van der Waals surface area (Å²) in [4.78, 5) is 9.59. The van der Waals surface area contributed by atoms with Gasteiger partial charge in [-0.3, -0.25) is 4.57 Å². The maximum atomic E-state index is 5.65. The molecule has 0 fully saturated rings. The quantitative estimate of drug-likeness (QED) is 0.364. The van der Waals surface area contributed by atoms with Crippen LogP contribution in [0, 0.1) is 3.95 Å². The van der Waals surface area contributed by atoms with Crippen LogP contribution in [0.25, 0.3) is 16.0 Å². The number of fused-ring (bicyclic) bond motifs is 1. The van der Waals surface area contributed by atoms with E-state index >= 15 is 0 Å². The molecule has 26 heavy (non-hydrogen) atoms. The number of nitrogens with zero attached hydrogens (tertiary/aromatic N) is 6. The first-order valence-electron chi connectivity index (χ1n) is 8.17. The molecule has 3 aromatic heterocycles. The van der Waals surface area contributed by atoms with Crippen molar-refractivity contribution in [3.05, 3.63) is 46.4 Å². The van der Waals surface area contributed by atoms with E-state index in [9.17, 15) is 0 Å². The number of para-hydroxylation sites is 1. The van der Waals surface area contributed by atoms with Crippen LogP contribution in [0.4, 0.5) is 0 Å². The van der Waals surface area contributed by atoms with Crippen molar-refractivity contribution in [1.82, 2.24) is 29.3 Å². The third-order valence-corrected chi connectivity index (χ3v) is 6.33. The van der Waals surface area contributed by atoms with Crippen LogP contribution in [0.2, 0.25) is 0 Å². The van der Waals surface area contributed by atoms with Gasteiger partial charge < -0.3 is 4.57 Å². The van der Waals surface area contributed by atoms with Gasteiger partial charge in [0, 0.05) is 19.2 Å². The summed E-state index contributed by atoms with van der Waals surface area (Å²) in [5, 5.41) is 9.79. The van der Waals surface area contributed by atoms with Gasteiger partial charge in [-0.1, -0.05) is 36.5 Å². The van der Waals surface area contributed by atoms with Crippen LogP contribution in [-0.2, 0) is 13.5 Å². The number of aryl methyl sites for hydroxylation is 2. The Labute approximate surface area is 164 Å². The second kappa shape index (κ2) is 7.26. The molecule has 4 rings (SSSR count). The van der Waals surface area contributed by atoms with E-state index in [2.05, 4.69) is 17.1 Å². The van der Waals surface area contributed by atoms with Crippen molar-refractivity contribution in [3.8, 4) is 5.69 Å². The van der Waals surface area contributed by atoms with Gasteiger partial charge in [0.05, 0.1) is 0 Å². The second-order valence-corrected chi connectivity index (χ2v) is 8.31. The summed E-state index contributed by atoms with van der Waals surface area (Å²) in [6.45, 7) is 2.13. The smallest absolute Gasteiger partial charge is 0.197 e. The largest absolute Gasteiger partial charge is 0.311 e. The third kappa shape index (κ3) is 3.17. The second-order valence-electron chi connectivity index (χ2n) is 5.71. The Kier molecular flexibility index (Phi) is 4.84. The summed E-state index contributed by atoms with van der Waals surface area (Å²) >= 11 is 8.67. The van der Waals surface area contributed by atoms with Crippen LogP contribution >= 0.6 is 35.3 Å². The molecule has 3 heterocycles. The zero-order chi connectivity index (χ0) is 18.1. The highest BCUT2D eigenvalue weighted by Gasteiger charge is 2.18. The van der Waals surface area contributed by atoms with E-state index in [1.54, 1.807) is 6.33 Å². The van der Waals surface area contributed by atoms with E-state index < -0.39 is 0 Å². The fourth-order valence-electron chi connectivity index (χ4n) is 2.58. The molecule has 0 atom stereocenters. The molecule has 0 N–H and O–H groups in total. The lowest BCUT2D eigenvalue weighted by Crippen LogP contribution is -2.02. The topological polar surface area (TPSA) is 61.4 Å². The molecule has 1 aromatic carbocycles. The lowest BCUT2D eigenvalue weighted by Gasteiger charge is -2.07. The monoisotopic (exact) mass is 400 g/mol. The summed E-state index contributed by atoms with van der Waals surface area (Å²) < 4.78 is 5.64. The number of rotatable bonds is 5. The summed E-state index contributed by atoms with van der Waals surface area (Å²) in [5.74, 6) is 0.821. The van der Waals surface area contributed by atoms with E-state index in [0.717, 1.165) is 48.8 Å². The number of benzene rings is 1. The van der Waals surface area contributed by atoms with Gasteiger partial charge in [0.25, 0.3) is 0 Å². The average Bonchev–Trinajstić information content (AvgIpc) is 3.19. The summed E-state index contributed by atoms with van der Waals surface area (Å²) in [6.07, 6.45) is 3.49. The fourth-order valence-corrected chi connectivity index (χ4v) is 4.88. The molecule has 0 aliphatic heterocycles. The van der Waals surface area contributed by atoms with Gasteiger partial charge in [-0.15, -0.1) is 10.2 Å². The van der Waals surface area contributed by atoms with E-state index in [1.165, 1.54) is 23.1 Å². The van der Waals surface area contributed by atoms with Crippen molar-refractivity contribution in [2.24, 2.45) is 7.05 Å². The van der Waals surface area contributed by atoms with Gasteiger partial charge in [-0.05, 0) is 42.5 Å². The fraction of sp³-hybridized carbons (Fsp3) is 0.235. The molecular formula is C17H16N6S3. The SMILES string of the molecule is CCCc1nc(Sc2nncn2C)c2sc(=S)n(-c3ccccc3)c2n1. The first-order chi connectivity index (χ1) is 12.7. The minimum absolute atomic E-state index is 0.758.